The van der Waals surface area contributed by atoms with Crippen LogP contribution in [0.1, 0.15) is 26.3 Å². The van der Waals surface area contributed by atoms with Crippen LogP contribution in [0.25, 0.3) is 0 Å². The monoisotopic (exact) mass is 203 g/mol. The van der Waals surface area contributed by atoms with E-state index in [4.69, 9.17) is 0 Å². The summed E-state index contributed by atoms with van der Waals surface area (Å²) in [6, 6.07) is 10.8. The van der Waals surface area contributed by atoms with E-state index in [0.717, 1.165) is 0 Å². The standard InChI is InChI=1S/C13H22N.B/c1-4-14(5-2,6-3)12-13-10-8-7-9-11-13;/h7-11H,4-6,12H2,1-3H3;/q+1;. The molecule has 0 aromatic heterocycles. The van der Waals surface area contributed by atoms with Gasteiger partial charge in [0, 0.05) is 14.0 Å². The van der Waals surface area contributed by atoms with Gasteiger partial charge in [-0.05, 0) is 20.8 Å². The van der Waals surface area contributed by atoms with E-state index in [1.54, 1.807) is 0 Å². The summed E-state index contributed by atoms with van der Waals surface area (Å²) in [5.41, 5.74) is 1.46. The Kier molecular flexibility index (Phi) is 6.34. The zero-order valence-corrected chi connectivity index (χ0v) is 10.2. The van der Waals surface area contributed by atoms with Crippen molar-refractivity contribution in [3.8, 4) is 0 Å². The molecule has 0 saturated heterocycles. The Morgan fingerprint density at radius 3 is 1.73 bits per heavy atom. The summed E-state index contributed by atoms with van der Waals surface area (Å²) in [4.78, 5) is 0. The van der Waals surface area contributed by atoms with Gasteiger partial charge in [0.2, 0.25) is 0 Å². The lowest BCUT2D eigenvalue weighted by Crippen LogP contribution is -2.46. The summed E-state index contributed by atoms with van der Waals surface area (Å²) >= 11 is 0. The van der Waals surface area contributed by atoms with Gasteiger partial charge in [-0.25, -0.2) is 0 Å². The molecule has 0 aliphatic heterocycles. The largest absolute Gasteiger partial charge is 0.321 e. The van der Waals surface area contributed by atoms with Crippen LogP contribution in [0.5, 0.6) is 0 Å². The highest BCUT2D eigenvalue weighted by Gasteiger charge is 2.20. The van der Waals surface area contributed by atoms with Crippen LogP contribution in [-0.4, -0.2) is 32.5 Å². The summed E-state index contributed by atoms with van der Waals surface area (Å²) in [5, 5.41) is 0. The van der Waals surface area contributed by atoms with Gasteiger partial charge in [0.05, 0.1) is 19.6 Å². The Hall–Kier alpha value is -0.755. The predicted octanol–water partition coefficient (Wildman–Crippen LogP) is 2.68. The molecule has 2 heteroatoms. The summed E-state index contributed by atoms with van der Waals surface area (Å²) in [7, 11) is 0. The Balaban J connectivity index is 0.00000196. The minimum Gasteiger partial charge on any atom is -0.321 e. The second-order valence-electron chi connectivity index (χ2n) is 3.93. The van der Waals surface area contributed by atoms with Crippen molar-refractivity contribution in [2.45, 2.75) is 27.3 Å². The molecule has 15 heavy (non-hydrogen) atoms. The fourth-order valence-electron chi connectivity index (χ4n) is 1.98. The van der Waals surface area contributed by atoms with E-state index in [-0.39, 0.29) is 8.41 Å². The molecule has 3 radical (unpaired) electrons. The van der Waals surface area contributed by atoms with Crippen molar-refractivity contribution in [1.29, 1.82) is 0 Å². The van der Waals surface area contributed by atoms with Crippen molar-refractivity contribution >= 4 is 8.41 Å². The van der Waals surface area contributed by atoms with E-state index in [1.807, 2.05) is 0 Å². The topological polar surface area (TPSA) is 0 Å². The van der Waals surface area contributed by atoms with Crippen molar-refractivity contribution in [3.63, 3.8) is 0 Å². The molecule has 0 heterocycles. The highest BCUT2D eigenvalue weighted by atomic mass is 15.3. The Morgan fingerprint density at radius 1 is 0.867 bits per heavy atom. The van der Waals surface area contributed by atoms with E-state index in [0.29, 0.717) is 0 Å². The average Bonchev–Trinajstić information content (AvgIpc) is 2.28. The Bertz CT molecular complexity index is 246. The maximum atomic E-state index is 2.29. The molecule has 0 unspecified atom stereocenters. The van der Waals surface area contributed by atoms with Crippen molar-refractivity contribution in [2.24, 2.45) is 0 Å². The molecule has 0 bridgehead atoms. The second-order valence-corrected chi connectivity index (χ2v) is 3.93. The molecule has 0 aliphatic carbocycles. The molecule has 1 aromatic rings. The lowest BCUT2D eigenvalue weighted by atomic mass is 10.2. The Morgan fingerprint density at radius 2 is 1.33 bits per heavy atom. The third-order valence-corrected chi connectivity index (χ3v) is 3.37. The lowest BCUT2D eigenvalue weighted by Gasteiger charge is -2.35. The molecule has 1 nitrogen and oxygen atoms in total. The van der Waals surface area contributed by atoms with E-state index in [2.05, 4.69) is 51.1 Å². The maximum absolute atomic E-state index is 2.29. The van der Waals surface area contributed by atoms with Gasteiger partial charge in [0.1, 0.15) is 6.54 Å². The number of hydrogen-bond acceptors (Lipinski definition) is 0. The highest BCUT2D eigenvalue weighted by molar-refractivity contribution is 5.75. The van der Waals surface area contributed by atoms with Crippen LogP contribution in [0.2, 0.25) is 0 Å². The third-order valence-electron chi connectivity index (χ3n) is 3.37. The number of rotatable bonds is 5. The number of nitrogens with zero attached hydrogens (tertiary/aromatic N) is 1. The zero-order valence-electron chi connectivity index (χ0n) is 10.2. The van der Waals surface area contributed by atoms with Gasteiger partial charge in [-0.3, -0.25) is 0 Å². The first-order valence-corrected chi connectivity index (χ1v) is 5.65. The van der Waals surface area contributed by atoms with E-state index < -0.39 is 0 Å². The first-order chi connectivity index (χ1) is 6.76. The SMILES string of the molecule is CC[N+](CC)(CC)Cc1ccccc1.[B]. The molecule has 0 amide bonds. The summed E-state index contributed by atoms with van der Waals surface area (Å²) in [6.07, 6.45) is 0. The quantitative estimate of drug-likeness (QED) is 0.509. The molecule has 1 rings (SSSR count). The smallest absolute Gasteiger partial charge is 0.104 e. The van der Waals surface area contributed by atoms with E-state index in [1.165, 1.54) is 36.2 Å². The van der Waals surface area contributed by atoms with Crippen LogP contribution < -0.4 is 0 Å². The summed E-state index contributed by atoms with van der Waals surface area (Å²) in [5.74, 6) is 0. The molecule has 0 saturated carbocycles. The summed E-state index contributed by atoms with van der Waals surface area (Å²) < 4.78 is 1.20. The normalized spacial score (nSPS) is 10.9. The fourth-order valence-corrected chi connectivity index (χ4v) is 1.98. The van der Waals surface area contributed by atoms with Gasteiger partial charge in [-0.15, -0.1) is 0 Å². The Labute approximate surface area is 96.3 Å². The van der Waals surface area contributed by atoms with E-state index in [9.17, 15) is 0 Å². The molecule has 1 aromatic carbocycles. The fraction of sp³-hybridized carbons (Fsp3) is 0.538. The van der Waals surface area contributed by atoms with Crippen molar-refractivity contribution in [1.82, 2.24) is 0 Å². The predicted molar refractivity (Wildman–Crippen MR) is 67.8 cm³/mol. The summed E-state index contributed by atoms with van der Waals surface area (Å²) in [6.45, 7) is 11.7. The van der Waals surface area contributed by atoms with Crippen LogP contribution >= 0.6 is 0 Å². The van der Waals surface area contributed by atoms with Crippen molar-refractivity contribution < 1.29 is 4.48 Å². The van der Waals surface area contributed by atoms with Crippen LogP contribution in [0.3, 0.4) is 0 Å². The zero-order chi connectivity index (χ0) is 10.4. The molecule has 81 valence electrons. The van der Waals surface area contributed by atoms with Gasteiger partial charge in [-0.2, -0.15) is 0 Å². The van der Waals surface area contributed by atoms with Crippen molar-refractivity contribution in [2.75, 3.05) is 19.6 Å². The molecular formula is C13H22BN+. The molecule has 0 N–H and O–H groups in total. The first kappa shape index (κ1) is 14.2. The molecule has 0 atom stereocenters. The van der Waals surface area contributed by atoms with Crippen LogP contribution in [0.4, 0.5) is 0 Å². The van der Waals surface area contributed by atoms with Crippen LogP contribution in [0.15, 0.2) is 30.3 Å². The average molecular weight is 203 g/mol. The van der Waals surface area contributed by atoms with Gasteiger partial charge in [-0.1, -0.05) is 30.3 Å². The van der Waals surface area contributed by atoms with Gasteiger partial charge in [0.15, 0.2) is 0 Å². The van der Waals surface area contributed by atoms with Gasteiger partial charge < -0.3 is 4.48 Å². The van der Waals surface area contributed by atoms with Crippen LogP contribution in [0, 0.1) is 0 Å². The molecule has 0 aliphatic rings. The second kappa shape index (κ2) is 6.68. The van der Waals surface area contributed by atoms with Crippen molar-refractivity contribution in [3.05, 3.63) is 35.9 Å². The van der Waals surface area contributed by atoms with Gasteiger partial charge in [0.25, 0.3) is 0 Å². The van der Waals surface area contributed by atoms with Crippen LogP contribution in [-0.2, 0) is 6.54 Å². The number of benzene rings is 1. The maximum Gasteiger partial charge on any atom is 0.104 e. The molecule has 0 fully saturated rings. The molecule has 0 spiro atoms. The third kappa shape index (κ3) is 3.71. The van der Waals surface area contributed by atoms with Gasteiger partial charge >= 0.3 is 0 Å². The minimum absolute atomic E-state index is 0. The molecular weight excluding hydrogens is 181 g/mol. The lowest BCUT2D eigenvalue weighted by molar-refractivity contribution is -0.936. The highest BCUT2D eigenvalue weighted by Crippen LogP contribution is 2.13. The minimum atomic E-state index is 0. The number of quaternary nitrogens is 1. The number of hydrogen-bond donors (Lipinski definition) is 0. The van der Waals surface area contributed by atoms with E-state index >= 15 is 0 Å². The first-order valence-electron chi connectivity index (χ1n) is 5.65.